The van der Waals surface area contributed by atoms with Crippen LogP contribution in [0, 0.1) is 40.4 Å². The molecule has 10 heteroatoms. The van der Waals surface area contributed by atoms with Gasteiger partial charge in [0.1, 0.15) is 17.5 Å². The van der Waals surface area contributed by atoms with E-state index in [9.17, 15) is 5.26 Å². The van der Waals surface area contributed by atoms with Gasteiger partial charge in [-0.2, -0.15) is 10.2 Å². The second-order valence-electron chi connectivity index (χ2n) is 17.1. The van der Waals surface area contributed by atoms with Crippen LogP contribution in [-0.4, -0.2) is 43.5 Å². The SMILES string of the molecule is CC(C)(C)[Si](C)(C)OC1CCC(CNC2[C@@H]3CC4C[C@H]2CC(CNc2nc(NCc5csc6ccc(Cl)cc56)ncc2C#N)(C4)C3)CC1. The predicted octanol–water partition coefficient (Wildman–Crippen LogP) is 9.61. The maximum absolute atomic E-state index is 9.88. The second-order valence-corrected chi connectivity index (χ2v) is 23.2. The molecular formula is C38H53ClN6OSSi. The highest BCUT2D eigenvalue weighted by atomic mass is 35.5. The molecule has 4 bridgehead atoms. The summed E-state index contributed by atoms with van der Waals surface area (Å²) in [5.74, 6) is 4.29. The summed E-state index contributed by atoms with van der Waals surface area (Å²) in [6, 6.07) is 8.97. The van der Waals surface area contributed by atoms with Crippen LogP contribution in [0.25, 0.3) is 10.1 Å². The fourth-order valence-electron chi connectivity index (χ4n) is 9.41. The molecule has 1 aromatic carbocycles. The van der Waals surface area contributed by atoms with Gasteiger partial charge in [0.25, 0.3) is 0 Å². The molecular weight excluding hydrogens is 652 g/mol. The van der Waals surface area contributed by atoms with Crippen molar-refractivity contribution in [3.05, 3.63) is 45.9 Å². The minimum atomic E-state index is -1.70. The minimum absolute atomic E-state index is 0.279. The maximum atomic E-state index is 9.88. The number of fused-ring (bicyclic) bond motifs is 1. The van der Waals surface area contributed by atoms with Crippen LogP contribution in [0.5, 0.6) is 0 Å². The van der Waals surface area contributed by atoms with E-state index in [-0.39, 0.29) is 10.5 Å². The van der Waals surface area contributed by atoms with E-state index in [0.717, 1.165) is 47.2 Å². The lowest BCUT2D eigenvalue weighted by atomic mass is 9.48. The van der Waals surface area contributed by atoms with Crippen molar-refractivity contribution in [1.29, 1.82) is 5.26 Å². The predicted molar refractivity (Wildman–Crippen MR) is 201 cm³/mol. The summed E-state index contributed by atoms with van der Waals surface area (Å²) in [5, 5.41) is 25.4. The standard InChI is InChI=1S/C38H53ClN6OSSi/c1-37(2,3)48(4,5)46-31-9-6-24(7-10-31)19-41-34-26-12-25-13-27(34)17-38(15-25,16-26)23-44-35-28(18-40)20-42-36(45-35)43-21-29-22-47-33-11-8-30(39)14-32(29)33/h8,11,14,20,22,24-27,31,34,41H,6-7,9-10,12-13,15-17,19,21,23H2,1-5H3,(H2,42,43,44,45)/t24?,25?,26-,27+,31?,34?,38?. The average molecular weight is 705 g/mol. The van der Waals surface area contributed by atoms with Crippen molar-refractivity contribution in [3.8, 4) is 6.07 Å². The molecule has 2 aromatic heterocycles. The first-order chi connectivity index (χ1) is 22.9. The number of aromatic nitrogens is 2. The Bertz CT molecular complexity index is 1640. The number of rotatable bonds is 11. The first kappa shape index (κ1) is 34.2. The monoisotopic (exact) mass is 704 g/mol. The largest absolute Gasteiger partial charge is 0.414 e. The van der Waals surface area contributed by atoms with Gasteiger partial charge >= 0.3 is 0 Å². The summed E-state index contributed by atoms with van der Waals surface area (Å²) in [7, 11) is -1.70. The molecule has 3 unspecified atom stereocenters. The average Bonchev–Trinajstić information content (AvgIpc) is 3.44. The van der Waals surface area contributed by atoms with Crippen molar-refractivity contribution in [2.45, 2.75) is 115 Å². The number of nitriles is 1. The van der Waals surface area contributed by atoms with Crippen LogP contribution >= 0.6 is 22.9 Å². The number of benzene rings is 1. The summed E-state index contributed by atoms with van der Waals surface area (Å²) < 4.78 is 7.99. The first-order valence-corrected chi connectivity index (χ1v) is 22.4. The van der Waals surface area contributed by atoms with E-state index in [1.165, 1.54) is 68.1 Å². The quantitative estimate of drug-likeness (QED) is 0.171. The van der Waals surface area contributed by atoms with Gasteiger partial charge in [0.2, 0.25) is 5.95 Å². The molecule has 3 aromatic rings. The zero-order valence-electron chi connectivity index (χ0n) is 29.4. The van der Waals surface area contributed by atoms with Gasteiger partial charge in [-0.25, -0.2) is 4.98 Å². The van der Waals surface area contributed by atoms with Crippen LogP contribution in [0.1, 0.15) is 89.7 Å². The molecule has 5 atom stereocenters. The van der Waals surface area contributed by atoms with Crippen molar-refractivity contribution in [2.75, 3.05) is 23.7 Å². The van der Waals surface area contributed by atoms with Crippen LogP contribution in [0.3, 0.4) is 0 Å². The zero-order chi connectivity index (χ0) is 33.7. The minimum Gasteiger partial charge on any atom is -0.414 e. The van der Waals surface area contributed by atoms with Crippen molar-refractivity contribution in [2.24, 2.45) is 29.1 Å². The Morgan fingerprint density at radius 1 is 1.08 bits per heavy atom. The first-order valence-electron chi connectivity index (χ1n) is 18.2. The Hall–Kier alpha value is -2.22. The number of nitrogens with zero attached hydrogens (tertiary/aromatic N) is 3. The highest BCUT2D eigenvalue weighted by Crippen LogP contribution is 2.60. The Morgan fingerprint density at radius 3 is 2.54 bits per heavy atom. The summed E-state index contributed by atoms with van der Waals surface area (Å²) >= 11 is 7.98. The molecule has 0 spiro atoms. The smallest absolute Gasteiger partial charge is 0.224 e. The number of thiophene rings is 1. The third kappa shape index (κ3) is 7.16. The molecule has 8 rings (SSSR count). The number of hydrogen-bond donors (Lipinski definition) is 3. The lowest BCUT2D eigenvalue weighted by molar-refractivity contribution is -0.0704. The van der Waals surface area contributed by atoms with Gasteiger partial charge in [0, 0.05) is 35.0 Å². The number of nitrogens with one attached hydrogen (secondary N) is 3. The Labute approximate surface area is 297 Å². The van der Waals surface area contributed by atoms with E-state index in [0.29, 0.717) is 36.0 Å². The van der Waals surface area contributed by atoms with Gasteiger partial charge in [-0.3, -0.25) is 0 Å². The number of halogens is 1. The summed E-state index contributed by atoms with van der Waals surface area (Å²) in [6.07, 6.45) is 13.7. The number of hydrogen-bond acceptors (Lipinski definition) is 8. The van der Waals surface area contributed by atoms with E-state index < -0.39 is 8.32 Å². The van der Waals surface area contributed by atoms with Crippen LogP contribution in [0.4, 0.5) is 11.8 Å². The third-order valence-electron chi connectivity index (χ3n) is 12.7. The lowest BCUT2D eigenvalue weighted by Crippen LogP contribution is -2.60. The molecule has 3 N–H and O–H groups in total. The molecule has 5 aliphatic rings. The molecule has 0 amide bonds. The topological polar surface area (TPSA) is 94.9 Å². The van der Waals surface area contributed by atoms with Crippen LogP contribution in [0.2, 0.25) is 23.2 Å². The molecule has 5 saturated carbocycles. The van der Waals surface area contributed by atoms with Gasteiger partial charge < -0.3 is 20.4 Å². The van der Waals surface area contributed by atoms with Crippen molar-refractivity contribution in [1.82, 2.24) is 15.3 Å². The lowest BCUT2D eigenvalue weighted by Gasteiger charge is -2.60. The van der Waals surface area contributed by atoms with E-state index in [2.05, 4.69) is 72.3 Å². The van der Waals surface area contributed by atoms with Crippen LogP contribution in [0.15, 0.2) is 29.8 Å². The van der Waals surface area contributed by atoms with Gasteiger partial charge in [0.15, 0.2) is 8.32 Å². The molecule has 0 aliphatic heterocycles. The molecule has 5 aliphatic carbocycles. The third-order valence-corrected chi connectivity index (χ3v) is 18.5. The highest BCUT2D eigenvalue weighted by Gasteiger charge is 2.55. The fraction of sp³-hybridized carbons (Fsp3) is 0.658. The summed E-state index contributed by atoms with van der Waals surface area (Å²) in [6.45, 7) is 14.5. The molecule has 258 valence electrons. The summed E-state index contributed by atoms with van der Waals surface area (Å²) in [4.78, 5) is 9.25. The molecule has 7 nitrogen and oxygen atoms in total. The van der Waals surface area contributed by atoms with Crippen molar-refractivity contribution >= 4 is 53.1 Å². The highest BCUT2D eigenvalue weighted by molar-refractivity contribution is 7.17. The molecule has 48 heavy (non-hydrogen) atoms. The van der Waals surface area contributed by atoms with E-state index >= 15 is 0 Å². The van der Waals surface area contributed by atoms with Crippen molar-refractivity contribution in [3.63, 3.8) is 0 Å². The van der Waals surface area contributed by atoms with Crippen molar-refractivity contribution < 1.29 is 4.43 Å². The zero-order valence-corrected chi connectivity index (χ0v) is 31.9. The fourth-order valence-corrected chi connectivity index (χ4v) is 12.0. The van der Waals surface area contributed by atoms with Gasteiger partial charge in [0.05, 0.1) is 6.20 Å². The molecule has 2 heterocycles. The molecule has 0 radical (unpaired) electrons. The second kappa shape index (κ2) is 13.5. The van der Waals surface area contributed by atoms with Gasteiger partial charge in [-0.15, -0.1) is 11.3 Å². The maximum Gasteiger partial charge on any atom is 0.224 e. The Balaban J connectivity index is 0.928. The number of anilines is 2. The normalized spacial score (nSPS) is 30.0. The Morgan fingerprint density at radius 2 is 1.83 bits per heavy atom. The van der Waals surface area contributed by atoms with Gasteiger partial charge in [-0.05, 0) is 146 Å². The van der Waals surface area contributed by atoms with E-state index in [1.54, 1.807) is 17.5 Å². The Kier molecular flexibility index (Phi) is 9.62. The molecule has 0 saturated heterocycles. The van der Waals surface area contributed by atoms with Crippen LogP contribution in [-0.2, 0) is 11.0 Å². The van der Waals surface area contributed by atoms with Crippen LogP contribution < -0.4 is 16.0 Å². The van der Waals surface area contributed by atoms with E-state index in [1.807, 2.05) is 12.1 Å². The summed E-state index contributed by atoms with van der Waals surface area (Å²) in [5.41, 5.74) is 1.95. The molecule has 5 fully saturated rings. The van der Waals surface area contributed by atoms with E-state index in [4.69, 9.17) is 21.0 Å². The van der Waals surface area contributed by atoms with Gasteiger partial charge in [-0.1, -0.05) is 32.4 Å².